The van der Waals surface area contributed by atoms with Gasteiger partial charge >= 0.3 is 0 Å². The van der Waals surface area contributed by atoms with Gasteiger partial charge in [-0.2, -0.15) is 4.57 Å². The molecular formula is C19H16NS+. The van der Waals surface area contributed by atoms with Crippen molar-refractivity contribution >= 4 is 32.3 Å². The van der Waals surface area contributed by atoms with Crippen molar-refractivity contribution in [3.05, 3.63) is 77.3 Å². The summed E-state index contributed by atoms with van der Waals surface area (Å²) in [6.45, 7) is 3.07. The second-order valence-electron chi connectivity index (χ2n) is 5.46. The number of nitrogens with zero attached hydrogens (tertiary/aromatic N) is 1. The molecule has 0 unspecified atom stereocenters. The molecule has 1 aromatic heterocycles. The zero-order valence-corrected chi connectivity index (χ0v) is 12.7. The van der Waals surface area contributed by atoms with Crippen LogP contribution in [0.25, 0.3) is 21.0 Å². The van der Waals surface area contributed by atoms with Crippen molar-refractivity contribution in [2.75, 3.05) is 0 Å². The first-order valence-corrected chi connectivity index (χ1v) is 8.03. The molecule has 3 aromatic carbocycles. The van der Waals surface area contributed by atoms with Crippen molar-refractivity contribution in [2.45, 2.75) is 13.5 Å². The molecule has 0 N–H and O–H groups in total. The minimum atomic E-state index is 0.921. The van der Waals surface area contributed by atoms with Gasteiger partial charge in [0.15, 0.2) is 6.54 Å². The van der Waals surface area contributed by atoms with Crippen LogP contribution >= 0.6 is 11.3 Å². The molecule has 1 heterocycles. The molecule has 0 saturated carbocycles. The summed E-state index contributed by atoms with van der Waals surface area (Å²) in [6, 6.07) is 21.8. The lowest BCUT2D eigenvalue weighted by atomic mass is 10.0. The summed E-state index contributed by atoms with van der Waals surface area (Å²) < 4.78 is 3.71. The molecule has 1 nitrogen and oxygen atoms in total. The summed E-state index contributed by atoms with van der Waals surface area (Å²) in [4.78, 5) is 0. The Hall–Kier alpha value is -2.19. The van der Waals surface area contributed by atoms with Crippen molar-refractivity contribution in [1.82, 2.24) is 0 Å². The van der Waals surface area contributed by atoms with Crippen LogP contribution in [-0.4, -0.2) is 0 Å². The first-order valence-electron chi connectivity index (χ1n) is 7.15. The van der Waals surface area contributed by atoms with E-state index in [-0.39, 0.29) is 0 Å². The maximum atomic E-state index is 2.35. The lowest BCUT2D eigenvalue weighted by Gasteiger charge is -2.03. The maximum absolute atomic E-state index is 2.35. The Labute approximate surface area is 128 Å². The molecule has 4 aromatic rings. The van der Waals surface area contributed by atoms with Gasteiger partial charge in [0.1, 0.15) is 4.70 Å². The van der Waals surface area contributed by atoms with Gasteiger partial charge in [-0.25, -0.2) is 0 Å². The summed E-state index contributed by atoms with van der Waals surface area (Å²) in [5.41, 5.74) is 6.24. The summed E-state index contributed by atoms with van der Waals surface area (Å²) in [6.07, 6.45) is 0. The molecule has 0 aliphatic rings. The lowest BCUT2D eigenvalue weighted by molar-refractivity contribution is -0.657. The van der Waals surface area contributed by atoms with Crippen LogP contribution in [0.15, 0.2) is 66.2 Å². The maximum Gasteiger partial charge on any atom is 0.226 e. The van der Waals surface area contributed by atoms with Gasteiger partial charge in [-0.3, -0.25) is 0 Å². The average Bonchev–Trinajstić information content (AvgIpc) is 2.90. The highest BCUT2D eigenvalue weighted by molar-refractivity contribution is 7.16. The number of benzene rings is 3. The van der Waals surface area contributed by atoms with Crippen LogP contribution in [-0.2, 0) is 6.54 Å². The molecule has 4 rings (SSSR count). The Morgan fingerprint density at radius 2 is 1.81 bits per heavy atom. The standard InChI is InChI=1S/C19H16NS/c1-14-9-10-18-19(11-14)21-13-20(18)12-16-7-4-6-15-5-2-3-8-17(15)16/h2-11,13H,12H2,1H3/q+1. The molecule has 0 atom stereocenters. The highest BCUT2D eigenvalue weighted by Crippen LogP contribution is 2.21. The number of hydrogen-bond donors (Lipinski definition) is 0. The Balaban J connectivity index is 1.83. The van der Waals surface area contributed by atoms with Gasteiger partial charge < -0.3 is 0 Å². The van der Waals surface area contributed by atoms with Gasteiger partial charge in [0.2, 0.25) is 11.0 Å². The van der Waals surface area contributed by atoms with E-state index in [1.54, 1.807) is 0 Å². The molecule has 0 aliphatic heterocycles. The first kappa shape index (κ1) is 12.5. The summed E-state index contributed by atoms with van der Waals surface area (Å²) in [5, 5.41) is 2.66. The fourth-order valence-electron chi connectivity index (χ4n) is 2.87. The predicted molar refractivity (Wildman–Crippen MR) is 89.8 cm³/mol. The molecule has 0 radical (unpaired) electrons. The van der Waals surface area contributed by atoms with Crippen LogP contribution in [0.4, 0.5) is 0 Å². The van der Waals surface area contributed by atoms with Gasteiger partial charge in [0.25, 0.3) is 0 Å². The zero-order chi connectivity index (χ0) is 14.2. The Kier molecular flexibility index (Phi) is 2.97. The second kappa shape index (κ2) is 4.97. The van der Waals surface area contributed by atoms with E-state index in [1.165, 1.54) is 32.1 Å². The van der Waals surface area contributed by atoms with E-state index in [2.05, 4.69) is 77.7 Å². The Morgan fingerprint density at radius 3 is 2.76 bits per heavy atom. The first-order chi connectivity index (χ1) is 10.3. The third-order valence-electron chi connectivity index (χ3n) is 3.95. The van der Waals surface area contributed by atoms with Crippen LogP contribution in [0.2, 0.25) is 0 Å². The van der Waals surface area contributed by atoms with E-state index in [4.69, 9.17) is 0 Å². The van der Waals surface area contributed by atoms with Gasteiger partial charge in [-0.1, -0.05) is 59.9 Å². The van der Waals surface area contributed by atoms with Crippen LogP contribution in [0.3, 0.4) is 0 Å². The highest BCUT2D eigenvalue weighted by Gasteiger charge is 2.13. The summed E-state index contributed by atoms with van der Waals surface area (Å²) in [5.74, 6) is 0. The van der Waals surface area contributed by atoms with Gasteiger partial charge in [-0.05, 0) is 29.3 Å². The molecule has 0 spiro atoms. The molecule has 102 valence electrons. The van der Waals surface area contributed by atoms with Crippen molar-refractivity contribution < 1.29 is 4.57 Å². The third-order valence-corrected chi connectivity index (χ3v) is 4.89. The van der Waals surface area contributed by atoms with E-state index in [0.717, 1.165) is 6.54 Å². The zero-order valence-electron chi connectivity index (χ0n) is 11.9. The quantitative estimate of drug-likeness (QED) is 0.471. The van der Waals surface area contributed by atoms with Crippen LogP contribution in [0.1, 0.15) is 11.1 Å². The summed E-state index contributed by atoms with van der Waals surface area (Å²) >= 11 is 1.82. The molecule has 0 amide bonds. The molecule has 0 fully saturated rings. The number of aryl methyl sites for hydroxylation is 1. The number of fused-ring (bicyclic) bond motifs is 2. The van der Waals surface area contributed by atoms with Crippen molar-refractivity contribution in [3.8, 4) is 0 Å². The second-order valence-corrected chi connectivity index (χ2v) is 6.35. The number of hydrogen-bond acceptors (Lipinski definition) is 1. The van der Waals surface area contributed by atoms with Gasteiger partial charge in [-0.15, -0.1) is 0 Å². The monoisotopic (exact) mass is 290 g/mol. The number of rotatable bonds is 2. The molecule has 0 saturated heterocycles. The Morgan fingerprint density at radius 1 is 0.952 bits per heavy atom. The molecule has 0 bridgehead atoms. The molecule has 0 aliphatic carbocycles. The van der Waals surface area contributed by atoms with Crippen molar-refractivity contribution in [3.63, 3.8) is 0 Å². The smallest absolute Gasteiger partial charge is 0.184 e. The van der Waals surface area contributed by atoms with Gasteiger partial charge in [0.05, 0.1) is 0 Å². The fourth-order valence-corrected chi connectivity index (χ4v) is 3.86. The van der Waals surface area contributed by atoms with Crippen LogP contribution in [0, 0.1) is 6.92 Å². The van der Waals surface area contributed by atoms with Crippen molar-refractivity contribution in [1.29, 1.82) is 0 Å². The topological polar surface area (TPSA) is 3.88 Å². The minimum absolute atomic E-state index is 0.921. The van der Waals surface area contributed by atoms with Crippen molar-refractivity contribution in [2.24, 2.45) is 0 Å². The fraction of sp³-hybridized carbons (Fsp3) is 0.105. The highest BCUT2D eigenvalue weighted by atomic mass is 32.1. The predicted octanol–water partition coefficient (Wildman–Crippen LogP) is 4.70. The third kappa shape index (κ3) is 2.22. The van der Waals surface area contributed by atoms with E-state index >= 15 is 0 Å². The molecule has 21 heavy (non-hydrogen) atoms. The molecular weight excluding hydrogens is 274 g/mol. The van der Waals surface area contributed by atoms with E-state index in [0.29, 0.717) is 0 Å². The number of aromatic nitrogens is 1. The van der Waals surface area contributed by atoms with E-state index in [9.17, 15) is 0 Å². The van der Waals surface area contributed by atoms with Crippen LogP contribution < -0.4 is 4.57 Å². The normalized spacial score (nSPS) is 11.3. The SMILES string of the molecule is Cc1ccc2c(c1)sc[n+]2Cc1cccc2ccccc12. The lowest BCUT2D eigenvalue weighted by Crippen LogP contribution is -2.32. The Bertz CT molecular complexity index is 931. The van der Waals surface area contributed by atoms with Gasteiger partial charge in [0, 0.05) is 11.6 Å². The largest absolute Gasteiger partial charge is 0.226 e. The average molecular weight is 290 g/mol. The summed E-state index contributed by atoms with van der Waals surface area (Å²) in [7, 11) is 0. The number of thiazole rings is 1. The van der Waals surface area contributed by atoms with Crippen LogP contribution in [0.5, 0.6) is 0 Å². The minimum Gasteiger partial charge on any atom is -0.184 e. The van der Waals surface area contributed by atoms with E-state index < -0.39 is 0 Å². The van der Waals surface area contributed by atoms with E-state index in [1.807, 2.05) is 11.3 Å². The molecule has 2 heteroatoms.